The van der Waals surface area contributed by atoms with E-state index in [1.165, 1.54) is 0 Å². The molecule has 0 aromatic heterocycles. The Balaban J connectivity index is 3.10. The van der Waals surface area contributed by atoms with Gasteiger partial charge in [0.25, 0.3) is 0 Å². The van der Waals surface area contributed by atoms with Crippen molar-refractivity contribution in [3.05, 3.63) is 28.8 Å². The molecule has 1 aromatic carbocycles. The SMILES string of the molecule is CCC(Oc1cccc(Cl)c1C(N)=S)C(=O)O. The van der Waals surface area contributed by atoms with E-state index < -0.39 is 12.1 Å². The first-order chi connectivity index (χ1) is 7.97. The number of ether oxygens (including phenoxy) is 1. The highest BCUT2D eigenvalue weighted by molar-refractivity contribution is 7.80. The maximum Gasteiger partial charge on any atom is 0.344 e. The zero-order valence-corrected chi connectivity index (χ0v) is 10.7. The molecule has 0 aliphatic carbocycles. The van der Waals surface area contributed by atoms with Crippen LogP contribution in [0.3, 0.4) is 0 Å². The molecule has 0 amide bonds. The average molecular weight is 274 g/mol. The van der Waals surface area contributed by atoms with Gasteiger partial charge in [0.1, 0.15) is 10.7 Å². The largest absolute Gasteiger partial charge is 0.479 e. The zero-order valence-electron chi connectivity index (χ0n) is 9.14. The minimum atomic E-state index is -1.04. The Morgan fingerprint density at radius 3 is 2.76 bits per heavy atom. The molecule has 0 saturated heterocycles. The van der Waals surface area contributed by atoms with E-state index >= 15 is 0 Å². The number of aliphatic carboxylic acids is 1. The first-order valence-corrected chi connectivity index (χ1v) is 5.73. The summed E-state index contributed by atoms with van der Waals surface area (Å²) in [6.45, 7) is 1.71. The summed E-state index contributed by atoms with van der Waals surface area (Å²) in [5.41, 5.74) is 5.89. The summed E-state index contributed by atoms with van der Waals surface area (Å²) in [5.74, 6) is -0.749. The second kappa shape index (κ2) is 5.84. The lowest BCUT2D eigenvalue weighted by Crippen LogP contribution is -2.27. The van der Waals surface area contributed by atoms with Crippen LogP contribution in [0.25, 0.3) is 0 Å². The normalized spacial score (nSPS) is 11.9. The van der Waals surface area contributed by atoms with Gasteiger partial charge in [0, 0.05) is 0 Å². The molecular weight excluding hydrogens is 262 g/mol. The molecule has 0 spiro atoms. The summed E-state index contributed by atoms with van der Waals surface area (Å²) in [5, 5.41) is 9.25. The maximum absolute atomic E-state index is 10.9. The molecule has 1 unspecified atom stereocenters. The Kier molecular flexibility index (Phi) is 4.72. The minimum absolute atomic E-state index is 0.0749. The summed E-state index contributed by atoms with van der Waals surface area (Å²) >= 11 is 10.8. The second-order valence-corrected chi connectivity index (χ2v) is 4.18. The van der Waals surface area contributed by atoms with Crippen molar-refractivity contribution >= 4 is 34.8 Å². The van der Waals surface area contributed by atoms with Crippen LogP contribution in [0.1, 0.15) is 18.9 Å². The second-order valence-electron chi connectivity index (χ2n) is 3.33. The van der Waals surface area contributed by atoms with Gasteiger partial charge in [-0.25, -0.2) is 4.79 Å². The number of halogens is 1. The van der Waals surface area contributed by atoms with Crippen molar-refractivity contribution in [2.75, 3.05) is 0 Å². The van der Waals surface area contributed by atoms with Gasteiger partial charge in [-0.3, -0.25) is 0 Å². The van der Waals surface area contributed by atoms with Crippen LogP contribution in [0, 0.1) is 0 Å². The lowest BCUT2D eigenvalue weighted by Gasteiger charge is -2.16. The first-order valence-electron chi connectivity index (χ1n) is 4.95. The average Bonchev–Trinajstić information content (AvgIpc) is 2.24. The van der Waals surface area contributed by atoms with Gasteiger partial charge in [0.15, 0.2) is 6.10 Å². The number of nitrogens with two attached hydrogens (primary N) is 1. The highest BCUT2D eigenvalue weighted by Gasteiger charge is 2.20. The molecule has 3 N–H and O–H groups in total. The molecule has 0 radical (unpaired) electrons. The summed E-state index contributed by atoms with van der Waals surface area (Å²) in [7, 11) is 0. The van der Waals surface area contributed by atoms with Crippen LogP contribution in [0.4, 0.5) is 0 Å². The Labute approximate surface area is 109 Å². The molecule has 4 nitrogen and oxygen atoms in total. The molecule has 0 saturated carbocycles. The molecular formula is C11H12ClNO3S. The van der Waals surface area contributed by atoms with Gasteiger partial charge >= 0.3 is 5.97 Å². The Hall–Kier alpha value is -1.33. The number of carboxylic acids is 1. The van der Waals surface area contributed by atoms with E-state index in [1.807, 2.05) is 0 Å². The number of benzene rings is 1. The molecule has 1 rings (SSSR count). The van der Waals surface area contributed by atoms with Crippen molar-refractivity contribution in [2.45, 2.75) is 19.4 Å². The molecule has 17 heavy (non-hydrogen) atoms. The van der Waals surface area contributed by atoms with Gasteiger partial charge < -0.3 is 15.6 Å². The van der Waals surface area contributed by atoms with Gasteiger partial charge in [-0.15, -0.1) is 0 Å². The fourth-order valence-corrected chi connectivity index (χ4v) is 1.84. The van der Waals surface area contributed by atoms with Crippen LogP contribution < -0.4 is 10.5 Å². The van der Waals surface area contributed by atoms with Gasteiger partial charge in [-0.2, -0.15) is 0 Å². The number of hydrogen-bond donors (Lipinski definition) is 2. The predicted octanol–water partition coefficient (Wildman–Crippen LogP) is 2.22. The fraction of sp³-hybridized carbons (Fsp3) is 0.273. The third-order valence-electron chi connectivity index (χ3n) is 2.14. The predicted molar refractivity (Wildman–Crippen MR) is 69.7 cm³/mol. The molecule has 0 heterocycles. The van der Waals surface area contributed by atoms with Crippen molar-refractivity contribution in [2.24, 2.45) is 5.73 Å². The number of carboxylic acid groups (broad SMARTS) is 1. The number of carbonyl (C=O) groups is 1. The molecule has 0 fully saturated rings. The Morgan fingerprint density at radius 2 is 2.29 bits per heavy atom. The van der Waals surface area contributed by atoms with E-state index in [0.717, 1.165) is 0 Å². The molecule has 1 aromatic rings. The summed E-state index contributed by atoms with van der Waals surface area (Å²) in [6.07, 6.45) is -0.611. The molecule has 6 heteroatoms. The smallest absolute Gasteiger partial charge is 0.344 e. The molecule has 0 aliphatic rings. The molecule has 0 bridgehead atoms. The Morgan fingerprint density at radius 1 is 1.65 bits per heavy atom. The topological polar surface area (TPSA) is 72.5 Å². The molecule has 1 atom stereocenters. The highest BCUT2D eigenvalue weighted by Crippen LogP contribution is 2.27. The first kappa shape index (κ1) is 13.7. The number of thiocarbonyl (C=S) groups is 1. The van der Waals surface area contributed by atoms with Crippen molar-refractivity contribution < 1.29 is 14.6 Å². The van der Waals surface area contributed by atoms with Crippen molar-refractivity contribution in [3.63, 3.8) is 0 Å². The lowest BCUT2D eigenvalue weighted by molar-refractivity contribution is -0.145. The number of rotatable bonds is 5. The highest BCUT2D eigenvalue weighted by atomic mass is 35.5. The van der Waals surface area contributed by atoms with Crippen molar-refractivity contribution in [1.29, 1.82) is 0 Å². The quantitative estimate of drug-likeness (QED) is 0.805. The Bertz CT molecular complexity index is 450. The van der Waals surface area contributed by atoms with E-state index in [0.29, 0.717) is 22.8 Å². The molecule has 92 valence electrons. The lowest BCUT2D eigenvalue weighted by atomic mass is 10.2. The van der Waals surface area contributed by atoms with Gasteiger partial charge in [-0.1, -0.05) is 36.8 Å². The fourth-order valence-electron chi connectivity index (χ4n) is 1.30. The number of hydrogen-bond acceptors (Lipinski definition) is 3. The summed E-state index contributed by atoms with van der Waals surface area (Å²) < 4.78 is 5.35. The zero-order chi connectivity index (χ0) is 13.0. The van der Waals surface area contributed by atoms with Crippen molar-refractivity contribution in [3.8, 4) is 5.75 Å². The third-order valence-corrected chi connectivity index (χ3v) is 2.66. The summed E-state index contributed by atoms with van der Waals surface area (Å²) in [6, 6.07) is 4.85. The van der Waals surface area contributed by atoms with Crippen LogP contribution in [0.5, 0.6) is 5.75 Å². The summed E-state index contributed by atoms with van der Waals surface area (Å²) in [4.78, 5) is 11.0. The third kappa shape index (κ3) is 3.31. The van der Waals surface area contributed by atoms with Crippen LogP contribution in [0.2, 0.25) is 5.02 Å². The van der Waals surface area contributed by atoms with E-state index in [1.54, 1.807) is 25.1 Å². The van der Waals surface area contributed by atoms with Crippen LogP contribution in [-0.2, 0) is 4.79 Å². The van der Waals surface area contributed by atoms with Crippen molar-refractivity contribution in [1.82, 2.24) is 0 Å². The van der Waals surface area contributed by atoms with Crippen LogP contribution in [-0.4, -0.2) is 22.2 Å². The van der Waals surface area contributed by atoms with Crippen LogP contribution >= 0.6 is 23.8 Å². The monoisotopic (exact) mass is 273 g/mol. The van der Waals surface area contributed by atoms with E-state index in [4.69, 9.17) is 39.4 Å². The van der Waals surface area contributed by atoms with Crippen LogP contribution in [0.15, 0.2) is 18.2 Å². The van der Waals surface area contributed by atoms with Gasteiger partial charge in [0.05, 0.1) is 10.6 Å². The standard InChI is InChI=1S/C11H12ClNO3S/c1-2-7(11(14)15)16-8-5-3-4-6(12)9(8)10(13)17/h3-5,7H,2H2,1H3,(H2,13,17)(H,14,15). The van der Waals surface area contributed by atoms with Gasteiger partial charge in [-0.05, 0) is 18.6 Å². The maximum atomic E-state index is 10.9. The van der Waals surface area contributed by atoms with E-state index in [-0.39, 0.29) is 4.99 Å². The molecule has 0 aliphatic heterocycles. The minimum Gasteiger partial charge on any atom is -0.479 e. The van der Waals surface area contributed by atoms with E-state index in [2.05, 4.69) is 0 Å². The van der Waals surface area contributed by atoms with Gasteiger partial charge in [0.2, 0.25) is 0 Å². The van der Waals surface area contributed by atoms with E-state index in [9.17, 15) is 4.79 Å².